The molecule has 2 aromatic carbocycles. The highest BCUT2D eigenvalue weighted by Gasteiger charge is 2.16. The molecule has 0 aliphatic heterocycles. The summed E-state index contributed by atoms with van der Waals surface area (Å²) in [6.07, 6.45) is 1.68. The van der Waals surface area contributed by atoms with E-state index < -0.39 is 0 Å². The predicted molar refractivity (Wildman–Crippen MR) is 133 cm³/mol. The summed E-state index contributed by atoms with van der Waals surface area (Å²) in [7, 11) is 0. The summed E-state index contributed by atoms with van der Waals surface area (Å²) in [5, 5.41) is 8.83. The lowest BCUT2D eigenvalue weighted by atomic mass is 10.1. The van der Waals surface area contributed by atoms with Gasteiger partial charge in [-0.1, -0.05) is 54.2 Å². The van der Waals surface area contributed by atoms with Gasteiger partial charge in [0, 0.05) is 29.0 Å². The second-order valence-electron chi connectivity index (χ2n) is 7.31. The molecule has 0 aliphatic rings. The van der Waals surface area contributed by atoms with Crippen LogP contribution in [0.4, 0.5) is 5.13 Å². The smallest absolute Gasteiger partial charge is 0.260 e. The number of carbonyl (C=O) groups is 2. The van der Waals surface area contributed by atoms with Crippen molar-refractivity contribution in [1.82, 2.24) is 15.3 Å². The number of hydrogen-bond acceptors (Lipinski definition) is 6. The topological polar surface area (TPSA) is 84.0 Å². The van der Waals surface area contributed by atoms with Gasteiger partial charge in [-0.2, -0.15) is 0 Å². The zero-order valence-electron chi connectivity index (χ0n) is 18.1. The van der Waals surface area contributed by atoms with Gasteiger partial charge in [-0.15, -0.1) is 11.3 Å². The van der Waals surface area contributed by atoms with Gasteiger partial charge in [0.15, 0.2) is 5.13 Å². The Hall–Kier alpha value is -3.49. The second-order valence-corrected chi connectivity index (χ2v) is 9.23. The first-order valence-electron chi connectivity index (χ1n) is 10.3. The Labute approximate surface area is 200 Å². The Bertz CT molecular complexity index is 1260. The van der Waals surface area contributed by atoms with Gasteiger partial charge in [0.2, 0.25) is 5.91 Å². The van der Waals surface area contributed by atoms with Crippen molar-refractivity contribution in [3.05, 3.63) is 89.4 Å². The van der Waals surface area contributed by atoms with Crippen LogP contribution in [0, 0.1) is 0 Å². The Morgan fingerprint density at radius 3 is 2.48 bits per heavy atom. The predicted octanol–water partition coefficient (Wildman–Crippen LogP) is 5.81. The zero-order valence-corrected chi connectivity index (χ0v) is 19.7. The second kappa shape index (κ2) is 10.4. The minimum absolute atomic E-state index is 0.0644. The summed E-state index contributed by atoms with van der Waals surface area (Å²) in [4.78, 5) is 34.2. The number of nitrogens with zero attached hydrogens (tertiary/aromatic N) is 2. The lowest BCUT2D eigenvalue weighted by Gasteiger charge is -2.13. The number of hydrogen-bond donors (Lipinski definition) is 2. The van der Waals surface area contributed by atoms with E-state index in [4.69, 9.17) is 0 Å². The van der Waals surface area contributed by atoms with Crippen LogP contribution < -0.4 is 10.6 Å². The van der Waals surface area contributed by atoms with Crippen molar-refractivity contribution in [2.45, 2.75) is 29.8 Å². The minimum Gasteiger partial charge on any atom is -0.350 e. The van der Waals surface area contributed by atoms with E-state index in [1.807, 2.05) is 66.9 Å². The third-order valence-electron chi connectivity index (χ3n) is 4.82. The van der Waals surface area contributed by atoms with Gasteiger partial charge < -0.3 is 5.32 Å². The van der Waals surface area contributed by atoms with E-state index in [1.165, 1.54) is 30.0 Å². The highest BCUT2D eigenvalue weighted by molar-refractivity contribution is 7.99. The van der Waals surface area contributed by atoms with Gasteiger partial charge in [0.25, 0.3) is 5.91 Å². The van der Waals surface area contributed by atoms with Crippen LogP contribution in [0.15, 0.2) is 88.2 Å². The monoisotopic (exact) mass is 474 g/mol. The molecule has 4 aromatic rings. The molecule has 166 valence electrons. The van der Waals surface area contributed by atoms with Gasteiger partial charge >= 0.3 is 0 Å². The van der Waals surface area contributed by atoms with Gasteiger partial charge in [-0.05, 0) is 36.8 Å². The number of anilines is 1. The maximum Gasteiger partial charge on any atom is 0.260 e. The molecule has 4 rings (SSSR count). The maximum absolute atomic E-state index is 12.9. The fourth-order valence-corrected chi connectivity index (χ4v) is 4.82. The quantitative estimate of drug-likeness (QED) is 0.353. The summed E-state index contributed by atoms with van der Waals surface area (Å²) < 4.78 is 0. The fourth-order valence-electron chi connectivity index (χ4n) is 3.20. The van der Waals surface area contributed by atoms with Crippen LogP contribution in [-0.4, -0.2) is 21.8 Å². The molecule has 33 heavy (non-hydrogen) atoms. The van der Waals surface area contributed by atoms with Crippen molar-refractivity contribution in [2.75, 3.05) is 5.32 Å². The van der Waals surface area contributed by atoms with E-state index in [1.54, 1.807) is 18.3 Å². The van der Waals surface area contributed by atoms with Crippen molar-refractivity contribution in [3.8, 4) is 11.3 Å². The molecule has 0 saturated heterocycles. The first-order valence-corrected chi connectivity index (χ1v) is 12.0. The van der Waals surface area contributed by atoms with Crippen LogP contribution in [0.3, 0.4) is 0 Å². The van der Waals surface area contributed by atoms with Crippen molar-refractivity contribution >= 4 is 40.0 Å². The normalized spacial score (nSPS) is 11.6. The van der Waals surface area contributed by atoms with Crippen molar-refractivity contribution in [3.63, 3.8) is 0 Å². The van der Waals surface area contributed by atoms with Crippen LogP contribution >= 0.6 is 23.1 Å². The highest BCUT2D eigenvalue weighted by Crippen LogP contribution is 2.30. The Morgan fingerprint density at radius 1 is 1.00 bits per heavy atom. The molecule has 2 heterocycles. The molecular weight excluding hydrogens is 452 g/mol. The molecule has 0 radical (unpaired) electrons. The number of thiazole rings is 1. The van der Waals surface area contributed by atoms with Gasteiger partial charge in [0.05, 0.1) is 17.3 Å². The van der Waals surface area contributed by atoms with Crippen LogP contribution in [0.1, 0.15) is 35.8 Å². The van der Waals surface area contributed by atoms with Crippen molar-refractivity contribution < 1.29 is 9.59 Å². The molecule has 0 bridgehead atoms. The standard InChI is InChI=1S/C25H22N4O2S2/c1-16(27-17(2)30)18-10-12-19(13-11-18)22-15-32-25(28-22)29-23(31)21-9-6-14-26-24(21)33-20-7-4-3-5-8-20/h3-16H,1-2H3,(H,27,30)(H,28,29,31). The number of benzene rings is 2. The van der Waals surface area contributed by atoms with Gasteiger partial charge in [-0.25, -0.2) is 9.97 Å². The molecular formula is C25H22N4O2S2. The largest absolute Gasteiger partial charge is 0.350 e. The highest BCUT2D eigenvalue weighted by atomic mass is 32.2. The van der Waals surface area contributed by atoms with Crippen LogP contribution in [0.2, 0.25) is 0 Å². The molecule has 0 spiro atoms. The fraction of sp³-hybridized carbons (Fsp3) is 0.120. The van der Waals surface area contributed by atoms with E-state index in [0.29, 0.717) is 15.7 Å². The average Bonchev–Trinajstić information content (AvgIpc) is 3.28. The number of amides is 2. The first kappa shape index (κ1) is 22.7. The number of aromatic nitrogens is 2. The molecule has 1 atom stereocenters. The minimum atomic E-state index is -0.248. The Balaban J connectivity index is 1.46. The Kier molecular flexibility index (Phi) is 7.16. The Morgan fingerprint density at radius 2 is 1.76 bits per heavy atom. The molecule has 2 amide bonds. The molecule has 0 saturated carbocycles. The molecule has 2 aromatic heterocycles. The summed E-state index contributed by atoms with van der Waals surface area (Å²) in [5.41, 5.74) is 3.23. The summed E-state index contributed by atoms with van der Waals surface area (Å²) in [5.74, 6) is -0.313. The summed E-state index contributed by atoms with van der Waals surface area (Å²) >= 11 is 2.82. The third kappa shape index (κ3) is 5.85. The van der Waals surface area contributed by atoms with E-state index in [-0.39, 0.29) is 17.9 Å². The number of pyridine rings is 1. The number of carbonyl (C=O) groups excluding carboxylic acids is 2. The lowest BCUT2D eigenvalue weighted by molar-refractivity contribution is -0.119. The van der Waals surface area contributed by atoms with Gasteiger partial charge in [-0.3, -0.25) is 14.9 Å². The van der Waals surface area contributed by atoms with Crippen LogP contribution in [0.25, 0.3) is 11.3 Å². The summed E-state index contributed by atoms with van der Waals surface area (Å²) in [6.45, 7) is 3.44. The first-order chi connectivity index (χ1) is 16.0. The molecule has 6 nitrogen and oxygen atoms in total. The zero-order chi connectivity index (χ0) is 23.2. The van der Waals surface area contributed by atoms with E-state index >= 15 is 0 Å². The van der Waals surface area contributed by atoms with Crippen LogP contribution in [0.5, 0.6) is 0 Å². The van der Waals surface area contributed by atoms with Crippen LogP contribution in [-0.2, 0) is 4.79 Å². The molecule has 2 N–H and O–H groups in total. The van der Waals surface area contributed by atoms with E-state index in [9.17, 15) is 9.59 Å². The maximum atomic E-state index is 12.9. The summed E-state index contributed by atoms with van der Waals surface area (Å²) in [6, 6.07) is 21.1. The molecule has 0 aliphatic carbocycles. The van der Waals surface area contributed by atoms with Crippen molar-refractivity contribution in [1.29, 1.82) is 0 Å². The molecule has 8 heteroatoms. The lowest BCUT2D eigenvalue weighted by Crippen LogP contribution is -2.23. The van der Waals surface area contributed by atoms with Gasteiger partial charge in [0.1, 0.15) is 5.03 Å². The molecule has 1 unspecified atom stereocenters. The molecule has 0 fully saturated rings. The van der Waals surface area contributed by atoms with E-state index in [0.717, 1.165) is 21.7 Å². The third-order valence-corrected chi connectivity index (χ3v) is 6.61. The average molecular weight is 475 g/mol. The number of rotatable bonds is 7. The number of nitrogens with one attached hydrogen (secondary N) is 2. The van der Waals surface area contributed by atoms with Crippen molar-refractivity contribution in [2.24, 2.45) is 0 Å². The SMILES string of the molecule is CC(=O)NC(C)c1ccc(-c2csc(NC(=O)c3cccnc3Sc3ccccc3)n2)cc1. The van der Waals surface area contributed by atoms with E-state index in [2.05, 4.69) is 20.6 Å².